The Morgan fingerprint density at radius 1 is 1.09 bits per heavy atom. The molecule has 0 spiro atoms. The minimum absolute atomic E-state index is 0.0477. The van der Waals surface area contributed by atoms with Gasteiger partial charge >= 0.3 is 6.09 Å². The van der Waals surface area contributed by atoms with Crippen molar-refractivity contribution < 1.29 is 14.3 Å². The fourth-order valence-corrected chi connectivity index (χ4v) is 3.99. The van der Waals surface area contributed by atoms with E-state index in [0.717, 1.165) is 23.4 Å². The highest BCUT2D eigenvalue weighted by Gasteiger charge is 2.33. The molecule has 0 bridgehead atoms. The number of rotatable bonds is 4. The van der Waals surface area contributed by atoms with E-state index in [1.54, 1.807) is 9.47 Å². The minimum atomic E-state index is -0.540. The van der Waals surface area contributed by atoms with Gasteiger partial charge in [-0.25, -0.2) is 4.79 Å². The molecule has 7 heteroatoms. The third-order valence-electron chi connectivity index (χ3n) is 5.55. The van der Waals surface area contributed by atoms with E-state index in [2.05, 4.69) is 6.07 Å². The molecule has 7 nitrogen and oxygen atoms in total. The zero-order valence-electron chi connectivity index (χ0n) is 19.1. The SMILES string of the molecule is CC(C)(C)OC(=O)N1CCC(c2cn(-c3ccc(Oc4ccccc4)cc3)c(C#N)c2N)C1. The van der Waals surface area contributed by atoms with Crippen molar-refractivity contribution in [3.05, 3.63) is 72.1 Å². The Kier molecular flexibility index (Phi) is 6.01. The molecular weight excluding hydrogens is 416 g/mol. The van der Waals surface area contributed by atoms with Crippen molar-refractivity contribution >= 4 is 11.8 Å². The Bertz CT molecular complexity index is 1170. The number of para-hydroxylation sites is 1. The van der Waals surface area contributed by atoms with E-state index in [-0.39, 0.29) is 12.0 Å². The molecule has 1 atom stereocenters. The molecular formula is C26H28N4O3. The Labute approximate surface area is 193 Å². The molecule has 0 radical (unpaired) electrons. The maximum absolute atomic E-state index is 12.4. The van der Waals surface area contributed by atoms with Crippen molar-refractivity contribution in [2.24, 2.45) is 0 Å². The minimum Gasteiger partial charge on any atom is -0.457 e. The van der Waals surface area contributed by atoms with Crippen molar-refractivity contribution in [1.29, 1.82) is 5.26 Å². The van der Waals surface area contributed by atoms with Crippen LogP contribution in [-0.4, -0.2) is 34.3 Å². The van der Waals surface area contributed by atoms with Crippen molar-refractivity contribution in [2.45, 2.75) is 38.7 Å². The number of nitrogens with zero attached hydrogens (tertiary/aromatic N) is 3. The number of benzene rings is 2. The molecule has 1 aliphatic heterocycles. The van der Waals surface area contributed by atoms with Crippen LogP contribution >= 0.6 is 0 Å². The summed E-state index contributed by atoms with van der Waals surface area (Å²) in [4.78, 5) is 14.1. The lowest BCUT2D eigenvalue weighted by Gasteiger charge is -2.24. The largest absolute Gasteiger partial charge is 0.457 e. The van der Waals surface area contributed by atoms with Crippen molar-refractivity contribution in [2.75, 3.05) is 18.8 Å². The Balaban J connectivity index is 1.53. The predicted octanol–water partition coefficient (Wildman–Crippen LogP) is 5.45. The molecule has 1 unspecified atom stereocenters. The number of nitriles is 1. The summed E-state index contributed by atoms with van der Waals surface area (Å²) in [6.07, 6.45) is 2.35. The number of hydrogen-bond acceptors (Lipinski definition) is 5. The van der Waals surface area contributed by atoms with Crippen LogP contribution in [0.2, 0.25) is 0 Å². The van der Waals surface area contributed by atoms with Gasteiger partial charge in [-0.05, 0) is 69.2 Å². The highest BCUT2D eigenvalue weighted by Crippen LogP contribution is 2.36. The van der Waals surface area contributed by atoms with Gasteiger partial charge in [0.1, 0.15) is 28.9 Å². The quantitative estimate of drug-likeness (QED) is 0.578. The number of hydrogen-bond donors (Lipinski definition) is 1. The van der Waals surface area contributed by atoms with Crippen LogP contribution in [0.4, 0.5) is 10.5 Å². The average Bonchev–Trinajstić information content (AvgIpc) is 3.38. The highest BCUT2D eigenvalue weighted by molar-refractivity contribution is 5.69. The highest BCUT2D eigenvalue weighted by atomic mass is 16.6. The topological polar surface area (TPSA) is 93.5 Å². The third-order valence-corrected chi connectivity index (χ3v) is 5.55. The summed E-state index contributed by atoms with van der Waals surface area (Å²) in [5, 5.41) is 9.77. The molecule has 4 rings (SSSR count). The third kappa shape index (κ3) is 4.96. The number of ether oxygens (including phenoxy) is 2. The second kappa shape index (κ2) is 8.91. The second-order valence-corrected chi connectivity index (χ2v) is 9.15. The Hall–Kier alpha value is -3.92. The van der Waals surface area contributed by atoms with Gasteiger partial charge in [-0.3, -0.25) is 0 Å². The van der Waals surface area contributed by atoms with Gasteiger partial charge in [0.2, 0.25) is 0 Å². The van der Waals surface area contributed by atoms with Gasteiger partial charge in [-0.2, -0.15) is 5.26 Å². The number of carbonyl (C=O) groups excluding carboxylic acids is 1. The molecule has 33 heavy (non-hydrogen) atoms. The summed E-state index contributed by atoms with van der Waals surface area (Å²) in [7, 11) is 0. The van der Waals surface area contributed by atoms with Crippen LogP contribution in [0, 0.1) is 11.3 Å². The van der Waals surface area contributed by atoms with E-state index < -0.39 is 5.60 Å². The molecule has 1 saturated heterocycles. The van der Waals surface area contributed by atoms with Gasteiger partial charge in [0.25, 0.3) is 0 Å². The zero-order chi connectivity index (χ0) is 23.6. The van der Waals surface area contributed by atoms with E-state index in [0.29, 0.717) is 30.2 Å². The number of nitrogen functional groups attached to an aromatic ring is 1. The lowest BCUT2D eigenvalue weighted by Crippen LogP contribution is -2.35. The van der Waals surface area contributed by atoms with Crippen LogP contribution in [0.3, 0.4) is 0 Å². The molecule has 1 aliphatic rings. The first-order valence-corrected chi connectivity index (χ1v) is 11.0. The number of amides is 1. The second-order valence-electron chi connectivity index (χ2n) is 9.15. The Morgan fingerprint density at radius 2 is 1.76 bits per heavy atom. The van der Waals surface area contributed by atoms with Gasteiger partial charge in [-0.1, -0.05) is 18.2 Å². The van der Waals surface area contributed by atoms with E-state index in [1.807, 2.05) is 81.6 Å². The summed E-state index contributed by atoms with van der Waals surface area (Å²) < 4.78 is 13.2. The lowest BCUT2D eigenvalue weighted by atomic mass is 10.00. The van der Waals surface area contributed by atoms with Gasteiger partial charge in [0, 0.05) is 30.9 Å². The standard InChI is InChI=1S/C26H28N4O3/c1-26(2,3)33-25(31)29-14-13-18(16-29)22-17-30(23(15-27)24(22)28)19-9-11-21(12-10-19)32-20-7-5-4-6-8-20/h4-12,17-18H,13-14,16,28H2,1-3H3. The molecule has 1 aromatic heterocycles. The number of nitrogens with two attached hydrogens (primary N) is 1. The van der Waals surface area contributed by atoms with Crippen LogP contribution in [0.15, 0.2) is 60.8 Å². The molecule has 2 N–H and O–H groups in total. The van der Waals surface area contributed by atoms with E-state index in [1.165, 1.54) is 0 Å². The van der Waals surface area contributed by atoms with Crippen LogP contribution in [0.5, 0.6) is 11.5 Å². The van der Waals surface area contributed by atoms with Crippen LogP contribution in [0.1, 0.15) is 44.4 Å². The first kappa shape index (κ1) is 22.3. The van der Waals surface area contributed by atoms with E-state index in [9.17, 15) is 10.1 Å². The summed E-state index contributed by atoms with van der Waals surface area (Å²) in [6.45, 7) is 6.67. The van der Waals surface area contributed by atoms with Gasteiger partial charge < -0.3 is 24.7 Å². The van der Waals surface area contributed by atoms with Gasteiger partial charge in [-0.15, -0.1) is 0 Å². The summed E-state index contributed by atoms with van der Waals surface area (Å²) in [5.41, 5.74) is 8.38. The molecule has 1 amide bonds. The van der Waals surface area contributed by atoms with Crippen molar-refractivity contribution in [3.8, 4) is 23.3 Å². The normalized spacial score (nSPS) is 15.8. The molecule has 1 fully saturated rings. The molecule has 170 valence electrons. The first-order valence-electron chi connectivity index (χ1n) is 11.0. The van der Waals surface area contributed by atoms with Gasteiger partial charge in [0.15, 0.2) is 0 Å². The average molecular weight is 445 g/mol. The zero-order valence-corrected chi connectivity index (χ0v) is 19.1. The summed E-state index contributed by atoms with van der Waals surface area (Å²) >= 11 is 0. The molecule has 0 saturated carbocycles. The molecule has 3 aromatic rings. The lowest BCUT2D eigenvalue weighted by molar-refractivity contribution is 0.0292. The summed E-state index contributed by atoms with van der Waals surface area (Å²) in [6, 6.07) is 19.3. The molecule has 0 aliphatic carbocycles. The number of anilines is 1. The first-order chi connectivity index (χ1) is 15.7. The smallest absolute Gasteiger partial charge is 0.410 e. The van der Waals surface area contributed by atoms with Crippen LogP contribution < -0.4 is 10.5 Å². The van der Waals surface area contributed by atoms with Gasteiger partial charge in [0.05, 0.1) is 5.69 Å². The number of likely N-dealkylation sites (tertiary alicyclic amines) is 1. The monoisotopic (exact) mass is 444 g/mol. The fraction of sp³-hybridized carbons (Fsp3) is 0.308. The maximum Gasteiger partial charge on any atom is 0.410 e. The van der Waals surface area contributed by atoms with E-state index in [4.69, 9.17) is 15.2 Å². The predicted molar refractivity (Wildman–Crippen MR) is 127 cm³/mol. The molecule has 2 heterocycles. The maximum atomic E-state index is 12.4. The van der Waals surface area contributed by atoms with Crippen molar-refractivity contribution in [3.63, 3.8) is 0 Å². The summed E-state index contributed by atoms with van der Waals surface area (Å²) in [5.74, 6) is 1.50. The van der Waals surface area contributed by atoms with E-state index >= 15 is 0 Å². The number of carbonyl (C=O) groups is 1. The Morgan fingerprint density at radius 3 is 2.39 bits per heavy atom. The van der Waals surface area contributed by atoms with Crippen molar-refractivity contribution in [1.82, 2.24) is 9.47 Å². The van der Waals surface area contributed by atoms with Crippen LogP contribution in [0.25, 0.3) is 5.69 Å². The fourth-order valence-electron chi connectivity index (χ4n) is 3.99. The number of aromatic nitrogens is 1. The van der Waals surface area contributed by atoms with Crippen LogP contribution in [-0.2, 0) is 4.74 Å². The molecule has 2 aromatic carbocycles.